The van der Waals surface area contributed by atoms with Crippen LogP contribution in [0.2, 0.25) is 0 Å². The van der Waals surface area contributed by atoms with Gasteiger partial charge in [0, 0.05) is 10.9 Å². The fourth-order valence-electron chi connectivity index (χ4n) is 3.83. The van der Waals surface area contributed by atoms with Gasteiger partial charge >= 0.3 is 5.97 Å². The lowest BCUT2D eigenvalue weighted by Crippen LogP contribution is -2.40. The highest BCUT2D eigenvalue weighted by Gasteiger charge is 2.26. The molecule has 5 heteroatoms. The summed E-state index contributed by atoms with van der Waals surface area (Å²) in [5.41, 5.74) is 3.74. The van der Waals surface area contributed by atoms with E-state index in [1.165, 1.54) is 28.0 Å². The van der Waals surface area contributed by atoms with Crippen molar-refractivity contribution in [2.45, 2.75) is 57.6 Å². The summed E-state index contributed by atoms with van der Waals surface area (Å²) in [6.07, 6.45) is 5.51. The van der Waals surface area contributed by atoms with Crippen LogP contribution < -0.4 is 5.32 Å². The van der Waals surface area contributed by atoms with E-state index >= 15 is 0 Å². The number of aryl methyl sites for hydroxylation is 2. The third-order valence-electron chi connectivity index (χ3n) is 5.29. The number of benzene rings is 1. The number of hydrogen-bond acceptors (Lipinski definition) is 4. The van der Waals surface area contributed by atoms with Crippen LogP contribution in [-0.4, -0.2) is 24.0 Å². The zero-order valence-corrected chi connectivity index (χ0v) is 15.7. The van der Waals surface area contributed by atoms with Crippen LogP contribution in [0.25, 0.3) is 10.4 Å². The Labute approximate surface area is 157 Å². The minimum Gasteiger partial charge on any atom is -0.448 e. The second-order valence-corrected chi connectivity index (χ2v) is 8.21. The number of amides is 1. The summed E-state index contributed by atoms with van der Waals surface area (Å²) in [7, 11) is 0. The molecule has 26 heavy (non-hydrogen) atoms. The minimum absolute atomic E-state index is 0.197. The quantitative estimate of drug-likeness (QED) is 0.825. The molecule has 0 bridgehead atoms. The Morgan fingerprint density at radius 3 is 2.69 bits per heavy atom. The molecule has 0 aliphatic heterocycles. The van der Waals surface area contributed by atoms with Crippen molar-refractivity contribution in [2.75, 3.05) is 0 Å². The largest absolute Gasteiger partial charge is 0.448 e. The predicted octanol–water partition coefficient (Wildman–Crippen LogP) is 4.12. The fourth-order valence-corrected chi connectivity index (χ4v) is 4.99. The van der Waals surface area contributed by atoms with Crippen molar-refractivity contribution in [2.24, 2.45) is 0 Å². The first-order valence-corrected chi connectivity index (χ1v) is 10.2. The van der Waals surface area contributed by atoms with E-state index in [0.717, 1.165) is 43.4 Å². The van der Waals surface area contributed by atoms with Gasteiger partial charge in [-0.05, 0) is 55.4 Å². The van der Waals surface area contributed by atoms with E-state index in [-0.39, 0.29) is 11.9 Å². The predicted molar refractivity (Wildman–Crippen MR) is 102 cm³/mol. The van der Waals surface area contributed by atoms with Crippen LogP contribution in [0.5, 0.6) is 0 Å². The first kappa shape index (κ1) is 17.3. The van der Waals surface area contributed by atoms with E-state index in [0.29, 0.717) is 4.88 Å². The van der Waals surface area contributed by atoms with Crippen LogP contribution in [0.15, 0.2) is 30.3 Å². The maximum atomic E-state index is 12.5. The number of rotatable bonds is 4. The van der Waals surface area contributed by atoms with E-state index in [1.807, 2.05) is 12.1 Å². The van der Waals surface area contributed by atoms with Crippen LogP contribution in [0.4, 0.5) is 0 Å². The normalized spacial score (nSPS) is 17.3. The van der Waals surface area contributed by atoms with E-state index in [4.69, 9.17) is 4.74 Å². The van der Waals surface area contributed by atoms with E-state index in [9.17, 15) is 9.59 Å². The van der Waals surface area contributed by atoms with Gasteiger partial charge < -0.3 is 10.1 Å². The number of carbonyl (C=O) groups is 2. The molecule has 1 N–H and O–H groups in total. The number of fused-ring (bicyclic) bond motifs is 3. The van der Waals surface area contributed by atoms with Crippen molar-refractivity contribution < 1.29 is 14.3 Å². The maximum absolute atomic E-state index is 12.5. The lowest BCUT2D eigenvalue weighted by molar-refractivity contribution is -0.129. The molecule has 1 amide bonds. The SMILES string of the molecule is C[C@H](OC(=O)c1cc2c(s1)-c1ccccc1CC2)C(=O)NC1CCCC1. The molecule has 0 unspecified atom stereocenters. The van der Waals surface area contributed by atoms with Crippen molar-refractivity contribution in [3.8, 4) is 10.4 Å². The summed E-state index contributed by atoms with van der Waals surface area (Å²) in [6, 6.07) is 10.5. The smallest absolute Gasteiger partial charge is 0.349 e. The molecular weight excluding hydrogens is 346 g/mol. The van der Waals surface area contributed by atoms with E-state index in [1.54, 1.807) is 6.92 Å². The third-order valence-corrected chi connectivity index (χ3v) is 6.48. The molecule has 1 fully saturated rings. The lowest BCUT2D eigenvalue weighted by atomic mass is 9.91. The molecule has 1 heterocycles. The molecule has 0 spiro atoms. The first-order chi connectivity index (χ1) is 12.6. The van der Waals surface area contributed by atoms with Crippen molar-refractivity contribution in [3.05, 3.63) is 46.3 Å². The highest BCUT2D eigenvalue weighted by Crippen LogP contribution is 2.39. The van der Waals surface area contributed by atoms with Crippen LogP contribution >= 0.6 is 11.3 Å². The summed E-state index contributed by atoms with van der Waals surface area (Å²) in [5, 5.41) is 2.98. The maximum Gasteiger partial charge on any atom is 0.349 e. The zero-order chi connectivity index (χ0) is 18.1. The molecule has 4 rings (SSSR count). The highest BCUT2D eigenvalue weighted by atomic mass is 32.1. The molecule has 136 valence electrons. The van der Waals surface area contributed by atoms with Gasteiger partial charge in [-0.1, -0.05) is 37.1 Å². The van der Waals surface area contributed by atoms with Crippen LogP contribution in [0.3, 0.4) is 0 Å². The van der Waals surface area contributed by atoms with Crippen molar-refractivity contribution in [3.63, 3.8) is 0 Å². The molecule has 2 aliphatic carbocycles. The number of nitrogens with one attached hydrogen (secondary N) is 1. The molecule has 1 aromatic carbocycles. The third kappa shape index (κ3) is 3.40. The Bertz CT molecular complexity index is 836. The van der Waals surface area contributed by atoms with E-state index in [2.05, 4.69) is 23.5 Å². The van der Waals surface area contributed by atoms with Crippen molar-refractivity contribution >= 4 is 23.2 Å². The van der Waals surface area contributed by atoms with Crippen molar-refractivity contribution in [1.82, 2.24) is 5.32 Å². The lowest BCUT2D eigenvalue weighted by Gasteiger charge is -2.16. The number of ether oxygens (including phenoxy) is 1. The second-order valence-electron chi connectivity index (χ2n) is 7.16. The van der Waals surface area contributed by atoms with Gasteiger partial charge in [0.2, 0.25) is 0 Å². The molecule has 1 aromatic heterocycles. The average molecular weight is 369 g/mol. The summed E-state index contributed by atoms with van der Waals surface area (Å²) in [6.45, 7) is 1.64. The van der Waals surface area contributed by atoms with E-state index < -0.39 is 12.1 Å². The summed E-state index contributed by atoms with van der Waals surface area (Å²) < 4.78 is 5.43. The second kappa shape index (κ2) is 7.23. The van der Waals surface area contributed by atoms with Gasteiger partial charge in [0.25, 0.3) is 5.91 Å². The van der Waals surface area contributed by atoms with Gasteiger partial charge in [0.15, 0.2) is 6.10 Å². The summed E-state index contributed by atoms with van der Waals surface area (Å²) >= 11 is 1.47. The molecule has 2 aromatic rings. The number of carbonyl (C=O) groups excluding carboxylic acids is 2. The highest BCUT2D eigenvalue weighted by molar-refractivity contribution is 7.17. The zero-order valence-electron chi connectivity index (χ0n) is 14.9. The number of hydrogen-bond donors (Lipinski definition) is 1. The summed E-state index contributed by atoms with van der Waals surface area (Å²) in [5.74, 6) is -0.604. The monoisotopic (exact) mass is 369 g/mol. The van der Waals surface area contributed by atoms with Gasteiger partial charge in [-0.3, -0.25) is 4.79 Å². The molecule has 4 nitrogen and oxygen atoms in total. The Morgan fingerprint density at radius 2 is 1.88 bits per heavy atom. The van der Waals surface area contributed by atoms with Gasteiger partial charge in [-0.25, -0.2) is 4.79 Å². The summed E-state index contributed by atoms with van der Waals surface area (Å²) in [4.78, 5) is 26.5. The van der Waals surface area contributed by atoms with Gasteiger partial charge in [0.1, 0.15) is 4.88 Å². The topological polar surface area (TPSA) is 55.4 Å². The van der Waals surface area contributed by atoms with Gasteiger partial charge in [-0.2, -0.15) is 0 Å². The Hall–Kier alpha value is -2.14. The number of thiophene rings is 1. The van der Waals surface area contributed by atoms with Crippen LogP contribution in [0.1, 0.15) is 53.4 Å². The first-order valence-electron chi connectivity index (χ1n) is 9.34. The standard InChI is InChI=1S/C21H23NO3S/c1-13(20(23)22-16-7-3-4-8-16)25-21(24)18-12-15-11-10-14-6-2-5-9-17(14)19(15)26-18/h2,5-6,9,12-13,16H,3-4,7-8,10-11H2,1H3,(H,22,23)/t13-/m0/s1. The van der Waals surface area contributed by atoms with Gasteiger partial charge in [-0.15, -0.1) is 11.3 Å². The van der Waals surface area contributed by atoms with Crippen molar-refractivity contribution in [1.29, 1.82) is 0 Å². The fraction of sp³-hybridized carbons (Fsp3) is 0.429. The minimum atomic E-state index is -0.769. The Kier molecular flexibility index (Phi) is 4.81. The van der Waals surface area contributed by atoms with Gasteiger partial charge in [0.05, 0.1) is 0 Å². The molecular formula is C21H23NO3S. The molecule has 2 aliphatic rings. The molecule has 1 saturated carbocycles. The average Bonchev–Trinajstić information content (AvgIpc) is 3.31. The van der Waals surface area contributed by atoms with Crippen LogP contribution in [0, 0.1) is 0 Å². The number of esters is 1. The molecule has 1 atom stereocenters. The Morgan fingerprint density at radius 1 is 1.15 bits per heavy atom. The molecule has 0 saturated heterocycles. The Balaban J connectivity index is 1.44. The van der Waals surface area contributed by atoms with Crippen LogP contribution in [-0.2, 0) is 22.4 Å². The molecule has 0 radical (unpaired) electrons.